The van der Waals surface area contributed by atoms with E-state index < -0.39 is 75.3 Å². The third-order valence-electron chi connectivity index (χ3n) is 7.28. The number of ether oxygens (including phenoxy) is 2. The normalized spacial score (nSPS) is 36.0. The lowest BCUT2D eigenvalue weighted by molar-refractivity contribution is -0.0583. The van der Waals surface area contributed by atoms with E-state index in [1.54, 1.807) is 0 Å². The van der Waals surface area contributed by atoms with Gasteiger partial charge in [-0.3, -0.25) is 28.0 Å². The fraction of sp³-hybridized carbons (Fsp3) is 0.500. The van der Waals surface area contributed by atoms with Gasteiger partial charge in [0.05, 0.1) is 32.0 Å². The highest BCUT2D eigenvalue weighted by atomic mass is 35.5. The second kappa shape index (κ2) is 11.4. The topological polar surface area (TPSA) is 272 Å². The van der Waals surface area contributed by atoms with Crippen molar-refractivity contribution >= 4 is 83.3 Å². The third-order valence-corrected chi connectivity index (χ3v) is 10.6. The molecule has 5 unspecified atom stereocenters. The molecule has 9 atom stereocenters. The molecule has 0 saturated carbocycles. The lowest BCUT2D eigenvalue weighted by Gasteiger charge is -2.26. The minimum Gasteiger partial charge on any atom is -0.387 e. The number of fused-ring (bicyclic) bond motifs is 5. The monoisotopic (exact) mass is 724 g/mol. The zero-order chi connectivity index (χ0) is 31.8. The smallest absolute Gasteiger partial charge is 0.386 e. The highest BCUT2D eigenvalue weighted by molar-refractivity contribution is 8.44. The van der Waals surface area contributed by atoms with Crippen molar-refractivity contribution < 1.29 is 42.1 Å². The Morgan fingerprint density at radius 2 is 1.73 bits per heavy atom. The largest absolute Gasteiger partial charge is 0.387 e. The Morgan fingerprint density at radius 1 is 1.02 bits per heavy atom. The average molecular weight is 725 g/mol. The van der Waals surface area contributed by atoms with Crippen LogP contribution in [0.4, 0.5) is 11.8 Å². The zero-order valence-electron chi connectivity index (χ0n) is 22.4. The van der Waals surface area contributed by atoms with Gasteiger partial charge >= 0.3 is 13.5 Å². The Morgan fingerprint density at radius 3 is 2.53 bits per heavy atom. The molecule has 4 aromatic rings. The number of aromatic amines is 1. The van der Waals surface area contributed by atoms with Crippen molar-refractivity contribution in [3.8, 4) is 0 Å². The number of anilines is 2. The van der Waals surface area contributed by atoms with Gasteiger partial charge in [-0.25, -0.2) is 14.5 Å². The lowest BCUT2D eigenvalue weighted by atomic mass is 10.1. The number of nitrogens with zero attached hydrogens (tertiary/aromatic N) is 7. The number of nitrogens with one attached hydrogen (secondary N) is 1. The summed E-state index contributed by atoms with van der Waals surface area (Å²) < 4.78 is 51.1. The summed E-state index contributed by atoms with van der Waals surface area (Å²) in [6.45, 7) is -9.22. The van der Waals surface area contributed by atoms with E-state index in [4.69, 9.17) is 62.4 Å². The van der Waals surface area contributed by atoms with Crippen LogP contribution in [-0.2, 0) is 43.9 Å². The summed E-state index contributed by atoms with van der Waals surface area (Å²) in [5.41, 5.74) is 11.5. The molecule has 7 heterocycles. The third kappa shape index (κ3) is 5.88. The molecule has 7 N–H and O–H groups in total. The van der Waals surface area contributed by atoms with E-state index in [0.29, 0.717) is 0 Å². The maximum Gasteiger partial charge on any atom is 0.386 e. The second-order valence-corrected chi connectivity index (χ2v) is 16.1. The van der Waals surface area contributed by atoms with E-state index in [1.165, 1.54) is 21.8 Å². The summed E-state index contributed by atoms with van der Waals surface area (Å²) >= 11 is 15.4. The van der Waals surface area contributed by atoms with Crippen molar-refractivity contribution in [3.05, 3.63) is 28.3 Å². The summed E-state index contributed by atoms with van der Waals surface area (Å²) in [6, 6.07) is 0. The quantitative estimate of drug-likeness (QED) is 0.0927. The minimum atomic E-state index is -4.29. The van der Waals surface area contributed by atoms with Crippen LogP contribution in [0.25, 0.3) is 22.3 Å². The minimum absolute atomic E-state index is 0.0103. The van der Waals surface area contributed by atoms with Crippen LogP contribution in [-0.4, -0.2) is 92.8 Å². The molecule has 3 fully saturated rings. The molecule has 0 amide bonds. The molecule has 0 spiro atoms. The Hall–Kier alpha value is -2.30. The number of nitrogens with two attached hydrogens (primary N) is 2. The van der Waals surface area contributed by atoms with Crippen LogP contribution < -0.4 is 17.0 Å². The molecule has 2 bridgehead atoms. The second-order valence-electron chi connectivity index (χ2n) is 10.1. The van der Waals surface area contributed by atoms with Gasteiger partial charge in [0.1, 0.15) is 36.2 Å². The zero-order valence-corrected chi connectivity index (χ0v) is 26.6. The first-order chi connectivity index (χ1) is 21.3. The Balaban J connectivity index is 1.19. The van der Waals surface area contributed by atoms with E-state index in [-0.39, 0.29) is 45.8 Å². The summed E-state index contributed by atoms with van der Waals surface area (Å²) in [6.07, 6.45) is -5.48. The molecule has 3 saturated heterocycles. The molecule has 3 aliphatic heterocycles. The van der Waals surface area contributed by atoms with Crippen molar-refractivity contribution in [2.75, 3.05) is 24.7 Å². The number of aliphatic hydroxyl groups excluding tert-OH is 1. The van der Waals surface area contributed by atoms with Crippen LogP contribution in [0.15, 0.2) is 17.4 Å². The van der Waals surface area contributed by atoms with E-state index >= 15 is 0 Å². The number of imidazole rings is 2. The fourth-order valence-corrected chi connectivity index (χ4v) is 8.40. The molecule has 242 valence electrons. The molecule has 3 aliphatic rings. The molecule has 4 aromatic heterocycles. The number of hydrogen-bond donors (Lipinski definition) is 6. The first kappa shape index (κ1) is 31.3. The van der Waals surface area contributed by atoms with Gasteiger partial charge in [0.15, 0.2) is 28.9 Å². The number of thiol groups is 1. The van der Waals surface area contributed by atoms with Gasteiger partial charge in [-0.1, -0.05) is 12.2 Å². The predicted octanol–water partition coefficient (Wildman–Crippen LogP) is 0.395. The fourth-order valence-electron chi connectivity index (χ4n) is 5.30. The summed E-state index contributed by atoms with van der Waals surface area (Å²) in [5, 5.41) is 11.0. The Bertz CT molecular complexity index is 1960. The molecule has 0 radical (unpaired) electrons. The van der Waals surface area contributed by atoms with Crippen LogP contribution in [0.2, 0.25) is 5.28 Å². The first-order valence-corrected chi connectivity index (χ1v) is 18.6. The maximum absolute atomic E-state index is 13.5. The number of aromatic nitrogens is 8. The average Bonchev–Trinajstić information content (AvgIpc) is 3.72. The molecule has 25 heteroatoms. The highest BCUT2D eigenvalue weighted by Gasteiger charge is 2.51. The van der Waals surface area contributed by atoms with E-state index in [0.717, 1.165) is 0 Å². The number of hydrogen-bond acceptors (Lipinski definition) is 17. The van der Waals surface area contributed by atoms with Gasteiger partial charge in [-0.15, -0.1) is 0 Å². The van der Waals surface area contributed by atoms with E-state index in [9.17, 15) is 19.4 Å². The van der Waals surface area contributed by atoms with Crippen LogP contribution in [0.5, 0.6) is 0 Å². The van der Waals surface area contributed by atoms with Gasteiger partial charge in [-0.2, -0.15) is 15.0 Å². The van der Waals surface area contributed by atoms with Gasteiger partial charge in [0, 0.05) is 6.42 Å². The van der Waals surface area contributed by atoms with Crippen LogP contribution in [0, 0.1) is 0 Å². The standard InChI is InChI=1S/C20H23ClN10O10P2S2/c21-19-26-14(22)10-15(27-19)30(4-24-10)9-1-6-7(38-9)2-36-43(35,45)41-13-12(32)8(3-37-42(34,44)40-6)39-18(13)31-5-25-11-16(31)28-20(23)29-17(11)33/h4-9,12-13,18,32H,1-3H2,(H,34,44)(H,35,45)(H2,22,26,27)(H3,23,28,29,33)/t6?,7-,8-,9-,12?,13?,18-,42?,43?/m1/s1. The molecular formula is C20H23ClN10O10P2S2. The molecule has 45 heavy (non-hydrogen) atoms. The predicted molar refractivity (Wildman–Crippen MR) is 160 cm³/mol. The Labute approximate surface area is 266 Å². The van der Waals surface area contributed by atoms with E-state index in [2.05, 4.69) is 42.2 Å². The van der Waals surface area contributed by atoms with Crippen molar-refractivity contribution in [2.24, 2.45) is 0 Å². The van der Waals surface area contributed by atoms with Crippen molar-refractivity contribution in [1.29, 1.82) is 0 Å². The van der Waals surface area contributed by atoms with Gasteiger partial charge in [0.2, 0.25) is 11.2 Å². The van der Waals surface area contributed by atoms with E-state index in [1.807, 2.05) is 0 Å². The Kier molecular flexibility index (Phi) is 7.96. The number of nitrogen functional groups attached to an aromatic ring is 2. The summed E-state index contributed by atoms with van der Waals surface area (Å²) in [7, 11) is 0. The van der Waals surface area contributed by atoms with Gasteiger partial charge in [-0.05, 0) is 23.4 Å². The molecule has 7 rings (SSSR count). The molecular weight excluding hydrogens is 702 g/mol. The molecule has 20 nitrogen and oxygen atoms in total. The molecule has 0 aromatic carbocycles. The number of rotatable bonds is 2. The van der Waals surface area contributed by atoms with Crippen LogP contribution >= 0.6 is 37.4 Å². The number of halogens is 1. The van der Waals surface area contributed by atoms with Gasteiger partial charge in [0.25, 0.3) is 5.56 Å². The number of H-pyrrole nitrogens is 1. The van der Waals surface area contributed by atoms with Crippen LogP contribution in [0.3, 0.4) is 0 Å². The van der Waals surface area contributed by atoms with Crippen molar-refractivity contribution in [2.45, 2.75) is 49.4 Å². The van der Waals surface area contributed by atoms with Crippen molar-refractivity contribution in [3.63, 3.8) is 0 Å². The summed E-state index contributed by atoms with van der Waals surface area (Å²) in [5.74, 6) is -0.149. The molecule has 0 aliphatic carbocycles. The van der Waals surface area contributed by atoms with Crippen LogP contribution in [0.1, 0.15) is 18.9 Å². The van der Waals surface area contributed by atoms with Gasteiger partial charge < -0.3 is 40.0 Å². The maximum atomic E-state index is 13.5. The van der Waals surface area contributed by atoms with Crippen molar-refractivity contribution in [1.82, 2.24) is 39.0 Å². The summed E-state index contributed by atoms with van der Waals surface area (Å²) in [4.78, 5) is 46.1. The SMILES string of the molecule is Nc1nc2c(ncn2[C@@H]2O[C@@H]3COP(O)(=S)OC4C[C@H](n5cnc6c(N)nc(Cl)nc65)O[C@@H]4COP(=O)(S)OC2C3O)c(=O)[nH]1. The highest BCUT2D eigenvalue weighted by Crippen LogP contribution is 2.58. The number of aliphatic hydroxyl groups is 1. The first-order valence-electron chi connectivity index (χ1n) is 13.0. The lowest BCUT2D eigenvalue weighted by Crippen LogP contribution is -2.35.